The van der Waals surface area contributed by atoms with Gasteiger partial charge in [-0.2, -0.15) is 0 Å². The van der Waals surface area contributed by atoms with Crippen LogP contribution in [0.25, 0.3) is 0 Å². The van der Waals surface area contributed by atoms with Crippen LogP contribution in [-0.4, -0.2) is 12.2 Å². The van der Waals surface area contributed by atoms with Gasteiger partial charge in [0.25, 0.3) is 0 Å². The highest BCUT2D eigenvalue weighted by atomic mass is 35.5. The minimum Gasteiger partial charge on any atom is -0.508 e. The summed E-state index contributed by atoms with van der Waals surface area (Å²) in [4.78, 5) is 0. The molecule has 2 N–H and O–H groups in total. The zero-order valence-electron chi connectivity index (χ0n) is 11.9. The molecule has 0 spiro atoms. The van der Waals surface area contributed by atoms with Gasteiger partial charge in [0.05, 0.1) is 7.11 Å². The molecular weight excluding hydrogens is 286 g/mol. The van der Waals surface area contributed by atoms with Gasteiger partial charge in [0, 0.05) is 23.2 Å². The Morgan fingerprint density at radius 1 is 1.33 bits per heavy atom. The van der Waals surface area contributed by atoms with E-state index >= 15 is 0 Å². The molecular formula is C17H18ClNO2. The molecule has 0 amide bonds. The number of aryl methyl sites for hydroxylation is 1. The monoisotopic (exact) mass is 303 g/mol. The number of methoxy groups -OCH3 is 1. The predicted molar refractivity (Wildman–Crippen MR) is 84.0 cm³/mol. The summed E-state index contributed by atoms with van der Waals surface area (Å²) in [6.45, 7) is 0.661. The number of aromatic hydroxyl groups is 1. The summed E-state index contributed by atoms with van der Waals surface area (Å²) < 4.78 is 5.37. The minimum atomic E-state index is 0.293. The molecule has 1 unspecified atom stereocenters. The molecule has 0 saturated carbocycles. The Labute approximate surface area is 129 Å². The molecule has 3 rings (SSSR count). The lowest BCUT2D eigenvalue weighted by Gasteiger charge is -2.16. The van der Waals surface area contributed by atoms with Gasteiger partial charge in [0.2, 0.25) is 0 Å². The summed E-state index contributed by atoms with van der Waals surface area (Å²) >= 11 is 6.26. The molecule has 0 fully saturated rings. The predicted octanol–water partition coefficient (Wildman–Crippen LogP) is 3.83. The van der Waals surface area contributed by atoms with E-state index in [1.54, 1.807) is 13.2 Å². The number of hydrogen-bond acceptors (Lipinski definition) is 3. The molecule has 0 aromatic heterocycles. The zero-order chi connectivity index (χ0) is 14.8. The molecule has 1 aliphatic rings. The lowest BCUT2D eigenvalue weighted by molar-refractivity contribution is 0.405. The van der Waals surface area contributed by atoms with Crippen molar-refractivity contribution in [3.8, 4) is 11.5 Å². The second-order valence-electron chi connectivity index (χ2n) is 5.28. The summed E-state index contributed by atoms with van der Waals surface area (Å²) in [5.74, 6) is 1.14. The fourth-order valence-corrected chi connectivity index (χ4v) is 3.18. The summed E-state index contributed by atoms with van der Waals surface area (Å²) in [5, 5.41) is 13.8. The quantitative estimate of drug-likeness (QED) is 0.902. The van der Waals surface area contributed by atoms with Crippen LogP contribution in [0, 0.1) is 0 Å². The van der Waals surface area contributed by atoms with Gasteiger partial charge in [-0.3, -0.25) is 0 Å². The lowest BCUT2D eigenvalue weighted by atomic mass is 10.1. The first-order chi connectivity index (χ1) is 10.2. The number of halogens is 1. The number of benzene rings is 2. The minimum absolute atomic E-state index is 0.293. The van der Waals surface area contributed by atoms with E-state index in [0.29, 0.717) is 23.4 Å². The fourth-order valence-electron chi connectivity index (χ4n) is 2.94. The van der Waals surface area contributed by atoms with Gasteiger partial charge < -0.3 is 15.2 Å². The van der Waals surface area contributed by atoms with Crippen molar-refractivity contribution in [1.29, 1.82) is 0 Å². The van der Waals surface area contributed by atoms with E-state index in [0.717, 1.165) is 24.2 Å². The average molecular weight is 304 g/mol. The van der Waals surface area contributed by atoms with Gasteiger partial charge in [-0.05, 0) is 48.2 Å². The Balaban J connectivity index is 1.76. The fraction of sp³-hybridized carbons (Fsp3) is 0.294. The number of ether oxygens (including phenoxy) is 1. The first-order valence-electron chi connectivity index (χ1n) is 7.05. The molecule has 2 aromatic rings. The second-order valence-corrected chi connectivity index (χ2v) is 5.68. The SMILES string of the molecule is COc1cccc(Cl)c1CNC1CCc2cc(O)ccc21. The third-order valence-corrected chi connectivity index (χ3v) is 4.38. The molecule has 4 heteroatoms. The third-order valence-electron chi connectivity index (χ3n) is 4.03. The lowest BCUT2D eigenvalue weighted by Crippen LogP contribution is -2.19. The van der Waals surface area contributed by atoms with Gasteiger partial charge in [0.15, 0.2) is 0 Å². The third kappa shape index (κ3) is 2.85. The van der Waals surface area contributed by atoms with Gasteiger partial charge in [-0.15, -0.1) is 0 Å². The van der Waals surface area contributed by atoms with Crippen LogP contribution in [0.2, 0.25) is 5.02 Å². The van der Waals surface area contributed by atoms with E-state index in [-0.39, 0.29) is 0 Å². The number of nitrogens with one attached hydrogen (secondary N) is 1. The summed E-state index contributed by atoms with van der Waals surface area (Å²) in [7, 11) is 1.66. The van der Waals surface area contributed by atoms with Crippen molar-refractivity contribution in [2.75, 3.05) is 7.11 Å². The molecule has 0 heterocycles. The Bertz CT molecular complexity index is 657. The van der Waals surface area contributed by atoms with Gasteiger partial charge in [-0.1, -0.05) is 23.7 Å². The maximum Gasteiger partial charge on any atom is 0.124 e. The van der Waals surface area contributed by atoms with E-state index in [1.165, 1.54) is 11.1 Å². The van der Waals surface area contributed by atoms with E-state index in [4.69, 9.17) is 16.3 Å². The highest BCUT2D eigenvalue weighted by Gasteiger charge is 2.22. The molecule has 0 aliphatic heterocycles. The molecule has 1 aliphatic carbocycles. The second kappa shape index (κ2) is 5.96. The van der Waals surface area contributed by atoms with E-state index in [9.17, 15) is 5.11 Å². The van der Waals surface area contributed by atoms with Crippen molar-refractivity contribution in [3.63, 3.8) is 0 Å². The normalized spacial score (nSPS) is 16.8. The first-order valence-corrected chi connectivity index (χ1v) is 7.43. The van der Waals surface area contributed by atoms with Crippen LogP contribution in [0.1, 0.15) is 29.2 Å². The van der Waals surface area contributed by atoms with E-state index in [1.807, 2.05) is 30.3 Å². The van der Waals surface area contributed by atoms with Crippen molar-refractivity contribution in [2.45, 2.75) is 25.4 Å². The largest absolute Gasteiger partial charge is 0.508 e. The molecule has 0 saturated heterocycles. The maximum atomic E-state index is 9.54. The van der Waals surface area contributed by atoms with Crippen molar-refractivity contribution in [3.05, 3.63) is 58.1 Å². The molecule has 1 atom stereocenters. The van der Waals surface area contributed by atoms with E-state index in [2.05, 4.69) is 5.32 Å². The topological polar surface area (TPSA) is 41.5 Å². The van der Waals surface area contributed by atoms with Crippen molar-refractivity contribution >= 4 is 11.6 Å². The smallest absolute Gasteiger partial charge is 0.124 e. The standard InChI is InChI=1S/C17H18ClNO2/c1-21-17-4-2-3-15(18)14(17)10-19-16-8-5-11-9-12(20)6-7-13(11)16/h2-4,6-7,9,16,19-20H,5,8,10H2,1H3. The van der Waals surface area contributed by atoms with Crippen LogP contribution >= 0.6 is 11.6 Å². The first kappa shape index (κ1) is 14.2. The highest BCUT2D eigenvalue weighted by Crippen LogP contribution is 2.34. The van der Waals surface area contributed by atoms with Crippen LogP contribution in [0.4, 0.5) is 0 Å². The highest BCUT2D eigenvalue weighted by molar-refractivity contribution is 6.31. The molecule has 110 valence electrons. The zero-order valence-corrected chi connectivity index (χ0v) is 12.7. The molecule has 2 aromatic carbocycles. The average Bonchev–Trinajstić information content (AvgIpc) is 2.88. The van der Waals surface area contributed by atoms with E-state index < -0.39 is 0 Å². The number of phenols is 1. The summed E-state index contributed by atoms with van der Waals surface area (Å²) in [6.07, 6.45) is 2.02. The molecule has 21 heavy (non-hydrogen) atoms. The Morgan fingerprint density at radius 2 is 2.19 bits per heavy atom. The van der Waals surface area contributed by atoms with Crippen LogP contribution in [-0.2, 0) is 13.0 Å². The maximum absolute atomic E-state index is 9.54. The van der Waals surface area contributed by atoms with Gasteiger partial charge >= 0.3 is 0 Å². The van der Waals surface area contributed by atoms with Crippen LogP contribution < -0.4 is 10.1 Å². The van der Waals surface area contributed by atoms with Crippen LogP contribution in [0.3, 0.4) is 0 Å². The van der Waals surface area contributed by atoms with Crippen molar-refractivity contribution in [2.24, 2.45) is 0 Å². The van der Waals surface area contributed by atoms with Gasteiger partial charge in [-0.25, -0.2) is 0 Å². The molecule has 3 nitrogen and oxygen atoms in total. The number of rotatable bonds is 4. The Kier molecular flexibility index (Phi) is 4.04. The Morgan fingerprint density at radius 3 is 3.00 bits per heavy atom. The van der Waals surface area contributed by atoms with Crippen molar-refractivity contribution < 1.29 is 9.84 Å². The number of phenolic OH excluding ortho intramolecular Hbond substituents is 1. The molecule has 0 radical (unpaired) electrons. The molecule has 0 bridgehead atoms. The number of hydrogen-bond donors (Lipinski definition) is 2. The van der Waals surface area contributed by atoms with Crippen molar-refractivity contribution in [1.82, 2.24) is 5.32 Å². The Hall–Kier alpha value is -1.71. The van der Waals surface area contributed by atoms with Crippen LogP contribution in [0.5, 0.6) is 11.5 Å². The van der Waals surface area contributed by atoms with Gasteiger partial charge in [0.1, 0.15) is 11.5 Å². The summed E-state index contributed by atoms with van der Waals surface area (Å²) in [6, 6.07) is 11.6. The number of fused-ring (bicyclic) bond motifs is 1. The summed E-state index contributed by atoms with van der Waals surface area (Å²) in [5.41, 5.74) is 3.46. The van der Waals surface area contributed by atoms with Crippen LogP contribution in [0.15, 0.2) is 36.4 Å².